The number of esters is 1. The van der Waals surface area contributed by atoms with Crippen LogP contribution in [0.2, 0.25) is 0 Å². The summed E-state index contributed by atoms with van der Waals surface area (Å²) in [5.41, 5.74) is 4.03. The molecule has 23 heavy (non-hydrogen) atoms. The molecule has 0 saturated heterocycles. The number of aryl methyl sites for hydroxylation is 3. The first-order valence-electron chi connectivity index (χ1n) is 7.53. The van der Waals surface area contributed by atoms with Gasteiger partial charge in [0.1, 0.15) is 0 Å². The molecule has 4 nitrogen and oxygen atoms in total. The number of anilines is 1. The van der Waals surface area contributed by atoms with E-state index in [9.17, 15) is 9.59 Å². The standard InChI is InChI=1S/C19H21NO3/c1-12-9-10-14(3)17(11-12)20-18(21)15(4)23-19(22)16-8-6-5-7-13(16)2/h5-11,15H,1-4H3,(H,20,21)/t15-/m1/s1. The van der Waals surface area contributed by atoms with Crippen molar-refractivity contribution in [2.75, 3.05) is 5.32 Å². The highest BCUT2D eigenvalue weighted by atomic mass is 16.5. The first-order chi connectivity index (χ1) is 10.9. The maximum Gasteiger partial charge on any atom is 0.339 e. The fraction of sp³-hybridized carbons (Fsp3) is 0.263. The van der Waals surface area contributed by atoms with Crippen LogP contribution >= 0.6 is 0 Å². The minimum Gasteiger partial charge on any atom is -0.449 e. The van der Waals surface area contributed by atoms with Crippen LogP contribution in [0.25, 0.3) is 0 Å². The highest BCUT2D eigenvalue weighted by Gasteiger charge is 2.20. The van der Waals surface area contributed by atoms with Crippen LogP contribution in [0.4, 0.5) is 5.69 Å². The zero-order chi connectivity index (χ0) is 17.0. The highest BCUT2D eigenvalue weighted by molar-refractivity contribution is 5.98. The molecule has 0 heterocycles. The van der Waals surface area contributed by atoms with E-state index in [1.54, 1.807) is 19.1 Å². The third-order valence-electron chi connectivity index (χ3n) is 3.67. The molecule has 2 rings (SSSR count). The lowest BCUT2D eigenvalue weighted by atomic mass is 10.1. The molecule has 0 aliphatic carbocycles. The van der Waals surface area contributed by atoms with Crippen LogP contribution in [0.1, 0.15) is 34.0 Å². The van der Waals surface area contributed by atoms with Crippen LogP contribution in [0.5, 0.6) is 0 Å². The van der Waals surface area contributed by atoms with E-state index < -0.39 is 12.1 Å². The number of amides is 1. The summed E-state index contributed by atoms with van der Waals surface area (Å²) >= 11 is 0. The molecule has 1 amide bonds. The van der Waals surface area contributed by atoms with Crippen LogP contribution in [0.15, 0.2) is 42.5 Å². The Morgan fingerprint density at radius 1 is 1.00 bits per heavy atom. The van der Waals surface area contributed by atoms with Gasteiger partial charge in [-0.15, -0.1) is 0 Å². The fourth-order valence-corrected chi connectivity index (χ4v) is 2.18. The summed E-state index contributed by atoms with van der Waals surface area (Å²) in [4.78, 5) is 24.4. The average molecular weight is 311 g/mol. The quantitative estimate of drug-likeness (QED) is 0.874. The van der Waals surface area contributed by atoms with Crippen molar-refractivity contribution < 1.29 is 14.3 Å². The van der Waals surface area contributed by atoms with E-state index in [4.69, 9.17) is 4.74 Å². The van der Waals surface area contributed by atoms with Crippen molar-refractivity contribution in [1.29, 1.82) is 0 Å². The summed E-state index contributed by atoms with van der Waals surface area (Å²) in [6.07, 6.45) is -0.873. The van der Waals surface area contributed by atoms with E-state index in [0.717, 1.165) is 22.4 Å². The Labute approximate surface area is 136 Å². The van der Waals surface area contributed by atoms with Gasteiger partial charge in [0.15, 0.2) is 6.10 Å². The van der Waals surface area contributed by atoms with Crippen LogP contribution < -0.4 is 5.32 Å². The van der Waals surface area contributed by atoms with E-state index in [2.05, 4.69) is 5.32 Å². The molecule has 4 heteroatoms. The van der Waals surface area contributed by atoms with Gasteiger partial charge in [-0.3, -0.25) is 4.79 Å². The van der Waals surface area contributed by atoms with Gasteiger partial charge in [0.2, 0.25) is 0 Å². The Morgan fingerprint density at radius 2 is 1.70 bits per heavy atom. The van der Waals surface area contributed by atoms with Crippen LogP contribution in [-0.2, 0) is 9.53 Å². The second-order valence-electron chi connectivity index (χ2n) is 5.67. The van der Waals surface area contributed by atoms with Gasteiger partial charge < -0.3 is 10.1 Å². The molecule has 0 radical (unpaired) electrons. The lowest BCUT2D eigenvalue weighted by Crippen LogP contribution is -2.30. The summed E-state index contributed by atoms with van der Waals surface area (Å²) in [5, 5.41) is 2.81. The van der Waals surface area contributed by atoms with Crippen molar-refractivity contribution in [2.45, 2.75) is 33.8 Å². The van der Waals surface area contributed by atoms with Gasteiger partial charge in [-0.1, -0.05) is 30.3 Å². The molecule has 0 aromatic heterocycles. The van der Waals surface area contributed by atoms with Crippen molar-refractivity contribution in [3.05, 3.63) is 64.7 Å². The second-order valence-corrected chi connectivity index (χ2v) is 5.67. The van der Waals surface area contributed by atoms with E-state index in [-0.39, 0.29) is 5.91 Å². The molecule has 0 unspecified atom stereocenters. The number of rotatable bonds is 4. The Hall–Kier alpha value is -2.62. The number of carbonyl (C=O) groups is 2. The molecule has 1 N–H and O–H groups in total. The predicted octanol–water partition coefficient (Wildman–Crippen LogP) is 3.80. The van der Waals surface area contributed by atoms with Gasteiger partial charge in [-0.05, 0) is 56.5 Å². The number of hydrogen-bond donors (Lipinski definition) is 1. The molecular formula is C19H21NO3. The molecule has 0 bridgehead atoms. The average Bonchev–Trinajstić information content (AvgIpc) is 2.51. The molecule has 0 saturated carbocycles. The molecule has 0 aliphatic rings. The number of carbonyl (C=O) groups excluding carboxylic acids is 2. The number of nitrogens with one attached hydrogen (secondary N) is 1. The molecule has 0 spiro atoms. The van der Waals surface area contributed by atoms with Crippen molar-refractivity contribution in [3.63, 3.8) is 0 Å². The van der Waals surface area contributed by atoms with E-state index in [1.165, 1.54) is 0 Å². The summed E-state index contributed by atoms with van der Waals surface area (Å²) in [5.74, 6) is -0.840. The Morgan fingerprint density at radius 3 is 2.39 bits per heavy atom. The zero-order valence-corrected chi connectivity index (χ0v) is 13.8. The Bertz CT molecular complexity index is 737. The monoisotopic (exact) mass is 311 g/mol. The predicted molar refractivity (Wildman–Crippen MR) is 90.6 cm³/mol. The molecule has 0 aliphatic heterocycles. The Balaban J connectivity index is 2.04. The van der Waals surface area contributed by atoms with E-state index >= 15 is 0 Å². The fourth-order valence-electron chi connectivity index (χ4n) is 2.18. The maximum absolute atomic E-state index is 12.2. The van der Waals surface area contributed by atoms with Crippen LogP contribution in [-0.4, -0.2) is 18.0 Å². The number of benzene rings is 2. The lowest BCUT2D eigenvalue weighted by Gasteiger charge is -2.15. The van der Waals surface area contributed by atoms with Gasteiger partial charge in [0.05, 0.1) is 5.56 Å². The lowest BCUT2D eigenvalue weighted by molar-refractivity contribution is -0.123. The summed E-state index contributed by atoms with van der Waals surface area (Å²) < 4.78 is 5.27. The minimum absolute atomic E-state index is 0.347. The Kier molecular flexibility index (Phi) is 5.16. The van der Waals surface area contributed by atoms with Crippen molar-refractivity contribution in [1.82, 2.24) is 0 Å². The maximum atomic E-state index is 12.2. The second kappa shape index (κ2) is 7.09. The molecular weight excluding hydrogens is 290 g/mol. The third kappa shape index (κ3) is 4.19. The molecule has 0 fully saturated rings. The highest BCUT2D eigenvalue weighted by Crippen LogP contribution is 2.17. The topological polar surface area (TPSA) is 55.4 Å². The zero-order valence-electron chi connectivity index (χ0n) is 13.8. The molecule has 120 valence electrons. The smallest absolute Gasteiger partial charge is 0.339 e. The number of ether oxygens (including phenoxy) is 1. The van der Waals surface area contributed by atoms with Gasteiger partial charge >= 0.3 is 5.97 Å². The van der Waals surface area contributed by atoms with Gasteiger partial charge in [0, 0.05) is 5.69 Å². The number of hydrogen-bond acceptors (Lipinski definition) is 3. The van der Waals surface area contributed by atoms with Crippen molar-refractivity contribution in [3.8, 4) is 0 Å². The summed E-state index contributed by atoms with van der Waals surface area (Å²) in [6, 6.07) is 12.9. The third-order valence-corrected chi connectivity index (χ3v) is 3.67. The SMILES string of the molecule is Cc1ccc(C)c(NC(=O)[C@@H](C)OC(=O)c2ccccc2C)c1. The van der Waals surface area contributed by atoms with Crippen molar-refractivity contribution in [2.24, 2.45) is 0 Å². The molecule has 2 aromatic carbocycles. The first kappa shape index (κ1) is 16.7. The van der Waals surface area contributed by atoms with Crippen LogP contribution in [0, 0.1) is 20.8 Å². The van der Waals surface area contributed by atoms with E-state index in [0.29, 0.717) is 5.56 Å². The van der Waals surface area contributed by atoms with Gasteiger partial charge in [-0.25, -0.2) is 4.79 Å². The van der Waals surface area contributed by atoms with Crippen molar-refractivity contribution >= 4 is 17.6 Å². The normalized spacial score (nSPS) is 11.7. The first-order valence-corrected chi connectivity index (χ1v) is 7.53. The van der Waals surface area contributed by atoms with Crippen LogP contribution in [0.3, 0.4) is 0 Å². The van der Waals surface area contributed by atoms with E-state index in [1.807, 2.05) is 51.1 Å². The molecule has 2 aromatic rings. The molecule has 1 atom stereocenters. The largest absolute Gasteiger partial charge is 0.449 e. The minimum atomic E-state index is -0.873. The van der Waals surface area contributed by atoms with Gasteiger partial charge in [-0.2, -0.15) is 0 Å². The summed E-state index contributed by atoms with van der Waals surface area (Å²) in [7, 11) is 0. The van der Waals surface area contributed by atoms with Gasteiger partial charge in [0.25, 0.3) is 5.91 Å². The summed E-state index contributed by atoms with van der Waals surface area (Å²) in [6.45, 7) is 7.27.